The molecule has 0 N–H and O–H groups in total. The minimum atomic E-state index is -0.00340. The van der Waals surface area contributed by atoms with E-state index < -0.39 is 0 Å². The molecule has 1 aromatic carbocycles. The Morgan fingerprint density at radius 2 is 1.85 bits per heavy atom. The predicted molar refractivity (Wildman–Crippen MR) is 75.8 cm³/mol. The Hall–Kier alpha value is -1.59. The second-order valence-electron chi connectivity index (χ2n) is 4.23. The maximum Gasteiger partial charge on any atom is 0.161 e. The molecule has 0 aliphatic heterocycles. The zero-order valence-corrected chi connectivity index (χ0v) is 12.3. The molecule has 1 rings (SSSR count). The Morgan fingerprint density at radius 1 is 1.05 bits per heavy atom. The Labute approximate surface area is 119 Å². The molecule has 20 heavy (non-hydrogen) atoms. The van der Waals surface area contributed by atoms with E-state index in [1.165, 1.54) is 6.92 Å². The van der Waals surface area contributed by atoms with Gasteiger partial charge in [0.1, 0.15) is 6.61 Å². The maximum absolute atomic E-state index is 11.3. The largest absolute Gasteiger partial charge is 0.493 e. The second kappa shape index (κ2) is 9.34. The molecule has 0 radical (unpaired) electrons. The molecular weight excluding hydrogens is 260 g/mol. The van der Waals surface area contributed by atoms with E-state index in [1.807, 2.05) is 0 Å². The lowest BCUT2D eigenvalue weighted by molar-refractivity contribution is 0.0799. The summed E-state index contributed by atoms with van der Waals surface area (Å²) in [6.45, 7) is 3.80. The van der Waals surface area contributed by atoms with Crippen LogP contribution in [0.2, 0.25) is 0 Å². The number of ketones is 1. The molecule has 0 heterocycles. The highest BCUT2D eigenvalue weighted by molar-refractivity contribution is 5.94. The summed E-state index contributed by atoms with van der Waals surface area (Å²) in [5.41, 5.74) is 0.602. The Morgan fingerprint density at radius 3 is 2.50 bits per heavy atom. The van der Waals surface area contributed by atoms with Crippen molar-refractivity contribution in [2.24, 2.45) is 0 Å². The van der Waals surface area contributed by atoms with Gasteiger partial charge in [-0.2, -0.15) is 0 Å². The molecule has 0 saturated carbocycles. The first kappa shape index (κ1) is 16.5. The van der Waals surface area contributed by atoms with Crippen LogP contribution >= 0.6 is 0 Å². The van der Waals surface area contributed by atoms with Crippen molar-refractivity contribution in [1.29, 1.82) is 0 Å². The van der Waals surface area contributed by atoms with Gasteiger partial charge in [-0.15, -0.1) is 0 Å². The van der Waals surface area contributed by atoms with Crippen molar-refractivity contribution >= 4 is 5.78 Å². The molecule has 0 fully saturated rings. The van der Waals surface area contributed by atoms with Crippen molar-refractivity contribution in [2.75, 3.05) is 40.6 Å². The highest BCUT2D eigenvalue weighted by Crippen LogP contribution is 2.28. The van der Waals surface area contributed by atoms with Crippen LogP contribution in [0, 0.1) is 0 Å². The lowest BCUT2D eigenvalue weighted by Gasteiger charge is -2.11. The van der Waals surface area contributed by atoms with Gasteiger partial charge >= 0.3 is 0 Å². The number of methoxy groups -OCH3 is 2. The van der Waals surface area contributed by atoms with Crippen LogP contribution < -0.4 is 9.47 Å². The third kappa shape index (κ3) is 5.59. The molecule has 0 spiro atoms. The topological polar surface area (TPSA) is 54.0 Å². The van der Waals surface area contributed by atoms with Crippen molar-refractivity contribution in [2.45, 2.75) is 13.3 Å². The van der Waals surface area contributed by atoms with Crippen LogP contribution in [-0.4, -0.2) is 46.4 Å². The van der Waals surface area contributed by atoms with E-state index in [-0.39, 0.29) is 5.78 Å². The number of ether oxygens (including phenoxy) is 4. The van der Waals surface area contributed by atoms with Crippen LogP contribution in [0.15, 0.2) is 18.2 Å². The van der Waals surface area contributed by atoms with Gasteiger partial charge in [0.25, 0.3) is 0 Å². The highest BCUT2D eigenvalue weighted by Gasteiger charge is 2.08. The number of carbonyl (C=O) groups excluding carboxylic acids is 1. The van der Waals surface area contributed by atoms with Gasteiger partial charge in [0, 0.05) is 25.9 Å². The quantitative estimate of drug-likeness (QED) is 0.487. The fourth-order valence-electron chi connectivity index (χ4n) is 1.62. The van der Waals surface area contributed by atoms with Gasteiger partial charge in [0.2, 0.25) is 0 Å². The average Bonchev–Trinajstić information content (AvgIpc) is 2.46. The molecule has 0 aliphatic rings. The van der Waals surface area contributed by atoms with Gasteiger partial charge in [0.15, 0.2) is 17.3 Å². The molecule has 0 bridgehead atoms. The number of hydrogen-bond acceptors (Lipinski definition) is 5. The molecule has 0 unspecified atom stereocenters. The Bertz CT molecular complexity index is 417. The van der Waals surface area contributed by atoms with Crippen LogP contribution in [0.1, 0.15) is 23.7 Å². The summed E-state index contributed by atoms with van der Waals surface area (Å²) in [5, 5.41) is 0. The molecule has 0 aliphatic carbocycles. The normalized spacial score (nSPS) is 10.3. The van der Waals surface area contributed by atoms with E-state index in [0.29, 0.717) is 43.5 Å². The van der Waals surface area contributed by atoms with Gasteiger partial charge in [0.05, 0.1) is 13.7 Å². The number of Topliss-reactive ketones (excluding diaryl/α,β-unsaturated/α-hetero) is 1. The van der Waals surface area contributed by atoms with Crippen LogP contribution in [0.4, 0.5) is 0 Å². The van der Waals surface area contributed by atoms with E-state index in [1.54, 1.807) is 32.4 Å². The van der Waals surface area contributed by atoms with Crippen LogP contribution in [0.3, 0.4) is 0 Å². The van der Waals surface area contributed by atoms with Gasteiger partial charge in [-0.3, -0.25) is 4.79 Å². The molecular formula is C15H22O5. The zero-order valence-electron chi connectivity index (χ0n) is 12.3. The fourth-order valence-corrected chi connectivity index (χ4v) is 1.62. The van der Waals surface area contributed by atoms with Crippen molar-refractivity contribution < 1.29 is 23.7 Å². The Kier molecular flexibility index (Phi) is 7.69. The van der Waals surface area contributed by atoms with Crippen LogP contribution in [0.5, 0.6) is 11.5 Å². The standard InChI is InChI=1S/C15H22O5/c1-12(16)13-5-6-14(15(11-13)18-3)20-10-9-19-8-4-7-17-2/h5-6,11H,4,7-10H2,1-3H3. The molecule has 112 valence electrons. The van der Waals surface area contributed by atoms with E-state index >= 15 is 0 Å². The molecule has 5 nitrogen and oxygen atoms in total. The van der Waals surface area contributed by atoms with Crippen LogP contribution in [0.25, 0.3) is 0 Å². The van der Waals surface area contributed by atoms with E-state index in [2.05, 4.69) is 0 Å². The first-order valence-electron chi connectivity index (χ1n) is 6.57. The third-order valence-electron chi connectivity index (χ3n) is 2.69. The van der Waals surface area contributed by atoms with Crippen molar-refractivity contribution in [3.8, 4) is 11.5 Å². The summed E-state index contributed by atoms with van der Waals surface area (Å²) in [4.78, 5) is 11.3. The number of carbonyl (C=O) groups is 1. The third-order valence-corrected chi connectivity index (χ3v) is 2.69. The van der Waals surface area contributed by atoms with Gasteiger partial charge in [-0.1, -0.05) is 0 Å². The summed E-state index contributed by atoms with van der Waals surface area (Å²) < 4.78 is 21.1. The van der Waals surface area contributed by atoms with Crippen molar-refractivity contribution in [3.63, 3.8) is 0 Å². The maximum atomic E-state index is 11.3. The smallest absolute Gasteiger partial charge is 0.161 e. The average molecular weight is 282 g/mol. The van der Waals surface area contributed by atoms with Crippen LogP contribution in [-0.2, 0) is 9.47 Å². The van der Waals surface area contributed by atoms with Crippen molar-refractivity contribution in [1.82, 2.24) is 0 Å². The summed E-state index contributed by atoms with van der Waals surface area (Å²) >= 11 is 0. The van der Waals surface area contributed by atoms with Gasteiger partial charge < -0.3 is 18.9 Å². The minimum absolute atomic E-state index is 0.00340. The van der Waals surface area contributed by atoms with Gasteiger partial charge in [-0.25, -0.2) is 0 Å². The molecule has 0 atom stereocenters. The van der Waals surface area contributed by atoms with Crippen molar-refractivity contribution in [3.05, 3.63) is 23.8 Å². The number of benzene rings is 1. The SMILES string of the molecule is COCCCOCCOc1ccc(C(C)=O)cc1OC. The summed E-state index contributed by atoms with van der Waals surface area (Å²) in [6.07, 6.45) is 0.868. The Balaban J connectivity index is 2.38. The lowest BCUT2D eigenvalue weighted by Crippen LogP contribution is -2.09. The molecule has 0 aromatic heterocycles. The monoisotopic (exact) mass is 282 g/mol. The fraction of sp³-hybridized carbons (Fsp3) is 0.533. The molecule has 5 heteroatoms. The van der Waals surface area contributed by atoms with E-state index in [4.69, 9.17) is 18.9 Å². The number of rotatable bonds is 10. The lowest BCUT2D eigenvalue weighted by atomic mass is 10.1. The molecule has 0 saturated heterocycles. The summed E-state index contributed by atoms with van der Waals surface area (Å²) in [5.74, 6) is 1.16. The predicted octanol–water partition coefficient (Wildman–Crippen LogP) is 2.33. The highest BCUT2D eigenvalue weighted by atomic mass is 16.5. The first-order chi connectivity index (χ1) is 9.69. The van der Waals surface area contributed by atoms with E-state index in [0.717, 1.165) is 6.42 Å². The summed E-state index contributed by atoms with van der Waals surface area (Å²) in [7, 11) is 3.22. The zero-order chi connectivity index (χ0) is 14.8. The first-order valence-corrected chi connectivity index (χ1v) is 6.57. The molecule has 1 aromatic rings. The number of hydrogen-bond donors (Lipinski definition) is 0. The molecule has 0 amide bonds. The summed E-state index contributed by atoms with van der Waals surface area (Å²) in [6, 6.07) is 5.14. The van der Waals surface area contributed by atoms with E-state index in [9.17, 15) is 4.79 Å². The van der Waals surface area contributed by atoms with Gasteiger partial charge in [-0.05, 0) is 31.5 Å². The second-order valence-corrected chi connectivity index (χ2v) is 4.23. The minimum Gasteiger partial charge on any atom is -0.493 e.